The molecule has 0 heterocycles. The molecule has 0 unspecified atom stereocenters. The Morgan fingerprint density at radius 2 is 1.70 bits per heavy atom. The lowest BCUT2D eigenvalue weighted by atomic mass is 10.1. The van der Waals surface area contributed by atoms with Gasteiger partial charge in [-0.25, -0.2) is 5.43 Å². The van der Waals surface area contributed by atoms with Gasteiger partial charge in [0, 0.05) is 5.56 Å². The standard InChI is InChI=1S/C21H16Cl2N2O2/c22-18-11-10-15(12-19(18)23)13-24-25-21(26)14-27-20-9-5-4-8-17(20)16-6-2-1-3-7-16/h1-13H,14H2,(H,25,26)/b24-13+. The maximum atomic E-state index is 12.0. The minimum atomic E-state index is -0.367. The lowest BCUT2D eigenvalue weighted by Gasteiger charge is -2.10. The number of carbonyl (C=O) groups is 1. The van der Waals surface area contributed by atoms with Crippen LogP contribution in [0.4, 0.5) is 0 Å². The molecular weight excluding hydrogens is 383 g/mol. The zero-order valence-corrected chi connectivity index (χ0v) is 15.7. The Balaban J connectivity index is 1.58. The van der Waals surface area contributed by atoms with Gasteiger partial charge in [0.2, 0.25) is 0 Å². The van der Waals surface area contributed by atoms with Crippen molar-refractivity contribution < 1.29 is 9.53 Å². The number of para-hydroxylation sites is 1. The topological polar surface area (TPSA) is 50.7 Å². The summed E-state index contributed by atoms with van der Waals surface area (Å²) in [5, 5.41) is 4.78. The van der Waals surface area contributed by atoms with E-state index in [0.717, 1.165) is 16.7 Å². The van der Waals surface area contributed by atoms with Gasteiger partial charge in [-0.2, -0.15) is 5.10 Å². The highest BCUT2D eigenvalue weighted by Gasteiger charge is 2.07. The Kier molecular flexibility index (Phi) is 6.47. The Labute approximate surface area is 167 Å². The van der Waals surface area contributed by atoms with Gasteiger partial charge in [0.15, 0.2) is 6.61 Å². The minimum absolute atomic E-state index is 0.150. The van der Waals surface area contributed by atoms with Gasteiger partial charge in [0.25, 0.3) is 5.91 Å². The molecule has 0 radical (unpaired) electrons. The highest BCUT2D eigenvalue weighted by Crippen LogP contribution is 2.29. The van der Waals surface area contributed by atoms with Crippen LogP contribution in [0.25, 0.3) is 11.1 Å². The molecule has 0 aliphatic carbocycles. The number of halogens is 2. The van der Waals surface area contributed by atoms with Gasteiger partial charge in [-0.05, 0) is 29.3 Å². The molecule has 0 bridgehead atoms. The number of hydrazone groups is 1. The Bertz CT molecular complexity index is 959. The third kappa shape index (κ3) is 5.33. The number of ether oxygens (including phenoxy) is 1. The Morgan fingerprint density at radius 1 is 0.963 bits per heavy atom. The average Bonchev–Trinajstić information content (AvgIpc) is 2.70. The molecule has 27 heavy (non-hydrogen) atoms. The quantitative estimate of drug-likeness (QED) is 0.458. The van der Waals surface area contributed by atoms with Gasteiger partial charge >= 0.3 is 0 Å². The molecule has 0 aliphatic heterocycles. The first-order valence-electron chi connectivity index (χ1n) is 8.17. The molecule has 3 aromatic carbocycles. The second kappa shape index (κ2) is 9.21. The van der Waals surface area contributed by atoms with Gasteiger partial charge in [0.05, 0.1) is 16.3 Å². The summed E-state index contributed by atoms with van der Waals surface area (Å²) < 4.78 is 5.67. The average molecular weight is 399 g/mol. The molecule has 0 saturated carbocycles. The van der Waals surface area contributed by atoms with Crippen molar-refractivity contribution in [3.05, 3.63) is 88.4 Å². The molecule has 3 aromatic rings. The number of carbonyl (C=O) groups excluding carboxylic acids is 1. The van der Waals surface area contributed by atoms with E-state index in [0.29, 0.717) is 15.8 Å². The van der Waals surface area contributed by atoms with Gasteiger partial charge < -0.3 is 4.74 Å². The van der Waals surface area contributed by atoms with Crippen LogP contribution in [0.3, 0.4) is 0 Å². The van der Waals surface area contributed by atoms with Crippen molar-refractivity contribution in [3.63, 3.8) is 0 Å². The van der Waals surface area contributed by atoms with Crippen molar-refractivity contribution in [2.75, 3.05) is 6.61 Å². The molecule has 0 spiro atoms. The van der Waals surface area contributed by atoms with Crippen LogP contribution < -0.4 is 10.2 Å². The lowest BCUT2D eigenvalue weighted by molar-refractivity contribution is -0.123. The van der Waals surface area contributed by atoms with Crippen molar-refractivity contribution >= 4 is 35.3 Å². The van der Waals surface area contributed by atoms with Gasteiger partial charge in [-0.15, -0.1) is 0 Å². The fraction of sp³-hybridized carbons (Fsp3) is 0.0476. The molecule has 0 saturated heterocycles. The zero-order valence-electron chi connectivity index (χ0n) is 14.2. The van der Waals surface area contributed by atoms with Crippen LogP contribution in [0.5, 0.6) is 5.75 Å². The van der Waals surface area contributed by atoms with Crippen LogP contribution in [0.1, 0.15) is 5.56 Å². The van der Waals surface area contributed by atoms with Crippen molar-refractivity contribution in [3.8, 4) is 16.9 Å². The van der Waals surface area contributed by atoms with E-state index in [4.69, 9.17) is 27.9 Å². The number of hydrogen-bond acceptors (Lipinski definition) is 3. The summed E-state index contributed by atoms with van der Waals surface area (Å²) in [7, 11) is 0. The summed E-state index contributed by atoms with van der Waals surface area (Å²) in [5.74, 6) is 0.265. The molecule has 136 valence electrons. The third-order valence-electron chi connectivity index (χ3n) is 3.68. The number of benzene rings is 3. The second-order valence-corrected chi connectivity index (χ2v) is 6.43. The summed E-state index contributed by atoms with van der Waals surface area (Å²) in [5.41, 5.74) is 5.09. The normalized spacial score (nSPS) is 10.7. The van der Waals surface area contributed by atoms with E-state index in [2.05, 4.69) is 10.5 Å². The van der Waals surface area contributed by atoms with Crippen molar-refractivity contribution in [1.29, 1.82) is 0 Å². The van der Waals surface area contributed by atoms with Crippen molar-refractivity contribution in [2.45, 2.75) is 0 Å². The van der Waals surface area contributed by atoms with Crippen LogP contribution in [0, 0.1) is 0 Å². The van der Waals surface area contributed by atoms with Crippen molar-refractivity contribution in [1.82, 2.24) is 5.43 Å². The summed E-state index contributed by atoms with van der Waals surface area (Å²) >= 11 is 11.8. The molecule has 1 amide bonds. The first-order chi connectivity index (χ1) is 13.1. The molecule has 0 fully saturated rings. The zero-order chi connectivity index (χ0) is 19.1. The summed E-state index contributed by atoms with van der Waals surface area (Å²) in [6, 6.07) is 22.5. The number of nitrogens with one attached hydrogen (secondary N) is 1. The molecular formula is C21H16Cl2N2O2. The van der Waals surface area contributed by atoms with Gasteiger partial charge in [-0.1, -0.05) is 77.8 Å². The SMILES string of the molecule is O=C(COc1ccccc1-c1ccccc1)N/N=C/c1ccc(Cl)c(Cl)c1. The maximum absolute atomic E-state index is 12.0. The highest BCUT2D eigenvalue weighted by atomic mass is 35.5. The van der Waals surface area contributed by atoms with E-state index < -0.39 is 0 Å². The molecule has 0 aromatic heterocycles. The fourth-order valence-corrected chi connectivity index (χ4v) is 2.70. The van der Waals surface area contributed by atoms with E-state index in [1.807, 2.05) is 54.6 Å². The van der Waals surface area contributed by atoms with E-state index >= 15 is 0 Å². The van der Waals surface area contributed by atoms with Crippen LogP contribution in [-0.4, -0.2) is 18.7 Å². The first-order valence-corrected chi connectivity index (χ1v) is 8.93. The Hall–Kier alpha value is -2.82. The summed E-state index contributed by atoms with van der Waals surface area (Å²) in [6.45, 7) is -0.150. The monoisotopic (exact) mass is 398 g/mol. The summed E-state index contributed by atoms with van der Waals surface area (Å²) in [6.07, 6.45) is 1.48. The lowest BCUT2D eigenvalue weighted by Crippen LogP contribution is -2.24. The number of amides is 1. The van der Waals surface area contributed by atoms with Crippen LogP contribution in [-0.2, 0) is 4.79 Å². The predicted molar refractivity (Wildman–Crippen MR) is 110 cm³/mol. The van der Waals surface area contributed by atoms with Crippen LogP contribution in [0.2, 0.25) is 10.0 Å². The van der Waals surface area contributed by atoms with E-state index in [-0.39, 0.29) is 12.5 Å². The highest BCUT2D eigenvalue weighted by molar-refractivity contribution is 6.42. The van der Waals surface area contributed by atoms with E-state index in [9.17, 15) is 4.79 Å². The van der Waals surface area contributed by atoms with Crippen LogP contribution >= 0.6 is 23.2 Å². The van der Waals surface area contributed by atoms with Gasteiger partial charge in [0.1, 0.15) is 5.75 Å². The number of rotatable bonds is 6. The first kappa shape index (κ1) is 19.0. The molecule has 0 atom stereocenters. The third-order valence-corrected chi connectivity index (χ3v) is 4.42. The van der Waals surface area contributed by atoms with E-state index in [1.165, 1.54) is 6.21 Å². The largest absolute Gasteiger partial charge is 0.483 e. The smallest absolute Gasteiger partial charge is 0.277 e. The molecule has 3 rings (SSSR count). The fourth-order valence-electron chi connectivity index (χ4n) is 2.40. The molecule has 0 aliphatic rings. The van der Waals surface area contributed by atoms with Crippen LogP contribution in [0.15, 0.2) is 77.9 Å². The summed E-state index contributed by atoms with van der Waals surface area (Å²) in [4.78, 5) is 12.0. The molecule has 4 nitrogen and oxygen atoms in total. The molecule has 1 N–H and O–H groups in total. The van der Waals surface area contributed by atoms with Gasteiger partial charge in [-0.3, -0.25) is 4.79 Å². The molecule has 6 heteroatoms. The van der Waals surface area contributed by atoms with Crippen molar-refractivity contribution in [2.24, 2.45) is 5.10 Å². The van der Waals surface area contributed by atoms with E-state index in [1.54, 1.807) is 18.2 Å². The Morgan fingerprint density at radius 3 is 2.48 bits per heavy atom. The number of nitrogens with zero attached hydrogens (tertiary/aromatic N) is 1. The predicted octanol–water partition coefficient (Wildman–Crippen LogP) is 5.19. The maximum Gasteiger partial charge on any atom is 0.277 e. The minimum Gasteiger partial charge on any atom is -0.483 e. The second-order valence-electron chi connectivity index (χ2n) is 5.62. The number of hydrogen-bond donors (Lipinski definition) is 1.